The van der Waals surface area contributed by atoms with Crippen LogP contribution in [0.5, 0.6) is 0 Å². The maximum absolute atomic E-state index is 5.61. The quantitative estimate of drug-likeness (QED) is 0.767. The highest BCUT2D eigenvalue weighted by Crippen LogP contribution is 2.25. The molecule has 2 aromatic carbocycles. The van der Waals surface area contributed by atoms with Crippen LogP contribution < -0.4 is 5.32 Å². The Balaban J connectivity index is 1.59. The molecule has 1 N–H and O–H groups in total. The van der Waals surface area contributed by atoms with Crippen molar-refractivity contribution in [2.75, 3.05) is 5.32 Å². The van der Waals surface area contributed by atoms with Crippen LogP contribution in [0.15, 0.2) is 69.1 Å². The van der Waals surface area contributed by atoms with Gasteiger partial charge in [-0.3, -0.25) is 0 Å². The molecule has 0 atom stereocenters. The minimum atomic E-state index is 0.519. The molecule has 4 nitrogen and oxygen atoms in total. The minimum absolute atomic E-state index is 0.519. The molecule has 0 aliphatic carbocycles. The highest BCUT2D eigenvalue weighted by molar-refractivity contribution is 7.99. The summed E-state index contributed by atoms with van der Waals surface area (Å²) in [6, 6.07) is 18.2. The number of nitrogens with one attached hydrogen (secondary N) is 1. The fraction of sp³-hybridized carbons (Fsp3) is 0.125. The van der Waals surface area contributed by atoms with Gasteiger partial charge >= 0.3 is 0 Å². The second kappa shape index (κ2) is 6.45. The zero-order valence-electron chi connectivity index (χ0n) is 11.6. The fourth-order valence-electron chi connectivity index (χ4n) is 1.79. The summed E-state index contributed by atoms with van der Waals surface area (Å²) in [4.78, 5) is 1.08. The van der Waals surface area contributed by atoms with Crippen molar-refractivity contribution < 1.29 is 4.42 Å². The highest BCUT2D eigenvalue weighted by atomic mass is 32.2. The lowest BCUT2D eigenvalue weighted by atomic mass is 10.2. The standard InChI is InChI=1S/C16H15N3OS/c1-12-7-9-13(10-8-12)17-11-15-18-19-16(20-15)21-14-5-3-2-4-6-14/h2-10,17H,11H2,1H3. The first-order valence-corrected chi connectivity index (χ1v) is 7.47. The SMILES string of the molecule is Cc1ccc(NCc2nnc(Sc3ccccc3)o2)cc1. The predicted octanol–water partition coefficient (Wildman–Crippen LogP) is 4.14. The summed E-state index contributed by atoms with van der Waals surface area (Å²) in [7, 11) is 0. The molecule has 1 heterocycles. The number of rotatable bonds is 5. The van der Waals surface area contributed by atoms with Crippen molar-refractivity contribution in [3.8, 4) is 0 Å². The summed E-state index contributed by atoms with van der Waals surface area (Å²) in [6.07, 6.45) is 0. The minimum Gasteiger partial charge on any atom is -0.414 e. The molecule has 0 saturated carbocycles. The lowest BCUT2D eigenvalue weighted by molar-refractivity contribution is 0.418. The Morgan fingerprint density at radius 1 is 1.00 bits per heavy atom. The van der Waals surface area contributed by atoms with Crippen LogP contribution in [-0.4, -0.2) is 10.2 Å². The molecule has 106 valence electrons. The molecule has 0 fully saturated rings. The van der Waals surface area contributed by atoms with E-state index >= 15 is 0 Å². The molecule has 21 heavy (non-hydrogen) atoms. The Kier molecular flexibility index (Phi) is 4.21. The second-order valence-electron chi connectivity index (χ2n) is 4.60. The van der Waals surface area contributed by atoms with Gasteiger partial charge < -0.3 is 9.73 Å². The predicted molar refractivity (Wildman–Crippen MR) is 83.4 cm³/mol. The molecular weight excluding hydrogens is 282 g/mol. The summed E-state index contributed by atoms with van der Waals surface area (Å²) in [5.74, 6) is 0.578. The van der Waals surface area contributed by atoms with E-state index < -0.39 is 0 Å². The molecule has 0 radical (unpaired) electrons. The van der Waals surface area contributed by atoms with Gasteiger partial charge in [0.2, 0.25) is 5.89 Å². The largest absolute Gasteiger partial charge is 0.414 e. The molecule has 0 amide bonds. The lowest BCUT2D eigenvalue weighted by Gasteiger charge is -2.03. The van der Waals surface area contributed by atoms with Crippen LogP contribution in [0.25, 0.3) is 0 Å². The third-order valence-corrected chi connectivity index (χ3v) is 3.74. The Bertz CT molecular complexity index is 695. The van der Waals surface area contributed by atoms with Crippen molar-refractivity contribution in [2.24, 2.45) is 0 Å². The number of hydrogen-bond donors (Lipinski definition) is 1. The van der Waals surface area contributed by atoms with E-state index in [1.165, 1.54) is 17.3 Å². The molecule has 1 aromatic heterocycles. The van der Waals surface area contributed by atoms with Gasteiger partial charge in [-0.2, -0.15) is 0 Å². The van der Waals surface area contributed by atoms with Gasteiger partial charge in [0.1, 0.15) is 0 Å². The van der Waals surface area contributed by atoms with Crippen molar-refractivity contribution in [1.82, 2.24) is 10.2 Å². The van der Waals surface area contributed by atoms with Gasteiger partial charge in [-0.1, -0.05) is 35.9 Å². The van der Waals surface area contributed by atoms with Gasteiger partial charge in [-0.15, -0.1) is 10.2 Å². The first-order valence-electron chi connectivity index (χ1n) is 6.65. The normalized spacial score (nSPS) is 10.5. The van der Waals surface area contributed by atoms with Crippen molar-refractivity contribution >= 4 is 17.4 Å². The van der Waals surface area contributed by atoms with E-state index in [0.29, 0.717) is 17.7 Å². The van der Waals surface area contributed by atoms with Crippen LogP contribution in [0.3, 0.4) is 0 Å². The third kappa shape index (κ3) is 3.86. The van der Waals surface area contributed by atoms with Gasteiger partial charge in [0, 0.05) is 10.6 Å². The maximum Gasteiger partial charge on any atom is 0.281 e. The molecule has 0 bridgehead atoms. The van der Waals surface area contributed by atoms with E-state index in [-0.39, 0.29) is 0 Å². The average molecular weight is 297 g/mol. The Morgan fingerprint density at radius 3 is 2.52 bits per heavy atom. The molecule has 0 spiro atoms. The Labute approximate surface area is 127 Å². The van der Waals surface area contributed by atoms with Gasteiger partial charge in [0.15, 0.2) is 0 Å². The summed E-state index contributed by atoms with van der Waals surface area (Å²) in [5.41, 5.74) is 2.27. The third-order valence-electron chi connectivity index (χ3n) is 2.89. The van der Waals surface area contributed by atoms with Gasteiger partial charge in [-0.05, 0) is 43.0 Å². The maximum atomic E-state index is 5.61. The highest BCUT2D eigenvalue weighted by Gasteiger charge is 2.07. The second-order valence-corrected chi connectivity index (χ2v) is 5.62. The first kappa shape index (κ1) is 13.7. The lowest BCUT2D eigenvalue weighted by Crippen LogP contribution is -1.99. The van der Waals surface area contributed by atoms with Gasteiger partial charge in [-0.25, -0.2) is 0 Å². The van der Waals surface area contributed by atoms with E-state index in [4.69, 9.17) is 4.42 Å². The number of hydrogen-bond acceptors (Lipinski definition) is 5. The first-order chi connectivity index (χ1) is 10.3. The molecule has 0 saturated heterocycles. The zero-order valence-corrected chi connectivity index (χ0v) is 12.4. The summed E-state index contributed by atoms with van der Waals surface area (Å²) in [6.45, 7) is 2.58. The smallest absolute Gasteiger partial charge is 0.281 e. The monoisotopic (exact) mass is 297 g/mol. The van der Waals surface area contributed by atoms with E-state index in [1.807, 2.05) is 42.5 Å². The Hall–Kier alpha value is -2.27. The molecule has 0 aliphatic rings. The Morgan fingerprint density at radius 2 is 1.76 bits per heavy atom. The van der Waals surface area contributed by atoms with E-state index in [1.54, 1.807) is 0 Å². The number of anilines is 1. The van der Waals surface area contributed by atoms with E-state index in [0.717, 1.165) is 10.6 Å². The van der Waals surface area contributed by atoms with Crippen LogP contribution in [0.2, 0.25) is 0 Å². The molecular formula is C16H15N3OS. The van der Waals surface area contributed by atoms with Crippen LogP contribution >= 0.6 is 11.8 Å². The van der Waals surface area contributed by atoms with Crippen LogP contribution in [0.1, 0.15) is 11.5 Å². The van der Waals surface area contributed by atoms with Crippen LogP contribution in [-0.2, 0) is 6.54 Å². The molecule has 5 heteroatoms. The van der Waals surface area contributed by atoms with Gasteiger partial charge in [0.05, 0.1) is 6.54 Å². The zero-order chi connectivity index (χ0) is 14.5. The molecule has 0 aliphatic heterocycles. The number of benzene rings is 2. The van der Waals surface area contributed by atoms with Gasteiger partial charge in [0.25, 0.3) is 5.22 Å². The summed E-state index contributed by atoms with van der Waals surface area (Å²) >= 11 is 1.46. The van der Waals surface area contributed by atoms with Crippen molar-refractivity contribution in [3.63, 3.8) is 0 Å². The number of aromatic nitrogens is 2. The van der Waals surface area contributed by atoms with Crippen molar-refractivity contribution in [2.45, 2.75) is 23.6 Å². The van der Waals surface area contributed by atoms with Crippen molar-refractivity contribution in [1.29, 1.82) is 0 Å². The summed E-state index contributed by atoms with van der Waals surface area (Å²) in [5, 5.41) is 11.9. The van der Waals surface area contributed by atoms with Crippen LogP contribution in [0.4, 0.5) is 5.69 Å². The molecule has 3 rings (SSSR count). The van der Waals surface area contributed by atoms with E-state index in [2.05, 4.69) is 34.6 Å². The average Bonchev–Trinajstić information content (AvgIpc) is 2.95. The molecule has 0 unspecified atom stereocenters. The van der Waals surface area contributed by atoms with Crippen molar-refractivity contribution in [3.05, 3.63) is 66.1 Å². The summed E-state index contributed by atoms with van der Waals surface area (Å²) < 4.78 is 5.61. The number of aryl methyl sites for hydroxylation is 1. The number of nitrogens with zero attached hydrogens (tertiary/aromatic N) is 2. The van der Waals surface area contributed by atoms with Crippen LogP contribution in [0, 0.1) is 6.92 Å². The van der Waals surface area contributed by atoms with E-state index in [9.17, 15) is 0 Å². The topological polar surface area (TPSA) is 51.0 Å². The fourth-order valence-corrected chi connectivity index (χ4v) is 2.50. The molecule has 3 aromatic rings.